The van der Waals surface area contributed by atoms with Gasteiger partial charge in [-0.3, -0.25) is 4.55 Å². The Kier molecular flexibility index (Phi) is 6.68. The van der Waals surface area contributed by atoms with E-state index < -0.39 is 10.1 Å². The predicted molar refractivity (Wildman–Crippen MR) is 142 cm³/mol. The van der Waals surface area contributed by atoms with Crippen LogP contribution in [0.5, 0.6) is 0 Å². The summed E-state index contributed by atoms with van der Waals surface area (Å²) in [6.45, 7) is 14.8. The van der Waals surface area contributed by atoms with Gasteiger partial charge in [0, 0.05) is 14.7 Å². The lowest BCUT2D eigenvalue weighted by Gasteiger charge is -2.22. The van der Waals surface area contributed by atoms with E-state index in [1.807, 2.05) is 61.5 Å². The molecule has 0 amide bonds. The van der Waals surface area contributed by atoms with Crippen LogP contribution in [0, 0.1) is 10.5 Å². The van der Waals surface area contributed by atoms with E-state index in [-0.39, 0.29) is 15.7 Å². The highest BCUT2D eigenvalue weighted by atomic mass is 127. The SMILES string of the molecule is Cc1cc(-c2ccc(C(C)(C)C)cc2)c(S(=O)(=O)O)c(-c2ccc(C(C)(C)C)cc2)c1I. The Morgan fingerprint density at radius 2 is 1.16 bits per heavy atom. The molecular formula is C27H31IO3S. The van der Waals surface area contributed by atoms with Crippen LogP contribution in [0.3, 0.4) is 0 Å². The van der Waals surface area contributed by atoms with Crippen LogP contribution in [0.15, 0.2) is 59.5 Å². The first kappa shape index (κ1) is 24.9. The Bertz CT molecular complexity index is 1240. The zero-order valence-electron chi connectivity index (χ0n) is 19.7. The largest absolute Gasteiger partial charge is 0.295 e. The summed E-state index contributed by atoms with van der Waals surface area (Å²) in [5.74, 6) is 0. The molecule has 0 fully saturated rings. The van der Waals surface area contributed by atoms with Crippen LogP contribution in [-0.4, -0.2) is 13.0 Å². The zero-order valence-corrected chi connectivity index (χ0v) is 22.7. The molecule has 3 aromatic carbocycles. The molecule has 3 nitrogen and oxygen atoms in total. The van der Waals surface area contributed by atoms with Crippen molar-refractivity contribution >= 4 is 32.7 Å². The van der Waals surface area contributed by atoms with E-state index in [0.717, 1.165) is 31.4 Å². The summed E-state index contributed by atoms with van der Waals surface area (Å²) < 4.78 is 36.5. The van der Waals surface area contributed by atoms with E-state index in [1.54, 1.807) is 0 Å². The number of hydrogen-bond donors (Lipinski definition) is 1. The van der Waals surface area contributed by atoms with E-state index in [1.165, 1.54) is 0 Å². The molecule has 3 aromatic rings. The highest BCUT2D eigenvalue weighted by Gasteiger charge is 2.27. The molecule has 0 aliphatic heterocycles. The molecule has 0 radical (unpaired) electrons. The number of hydrogen-bond acceptors (Lipinski definition) is 2. The van der Waals surface area contributed by atoms with Crippen molar-refractivity contribution in [2.45, 2.75) is 64.2 Å². The summed E-state index contributed by atoms with van der Waals surface area (Å²) in [6.07, 6.45) is 0. The zero-order chi connectivity index (χ0) is 24.1. The molecule has 0 aliphatic carbocycles. The second-order valence-electron chi connectivity index (χ2n) is 10.4. The molecule has 0 aliphatic rings. The van der Waals surface area contributed by atoms with Crippen molar-refractivity contribution in [3.05, 3.63) is 74.9 Å². The molecule has 170 valence electrons. The van der Waals surface area contributed by atoms with Gasteiger partial charge in [-0.2, -0.15) is 8.42 Å². The molecule has 3 rings (SSSR count). The van der Waals surface area contributed by atoms with Crippen molar-refractivity contribution in [1.29, 1.82) is 0 Å². The molecule has 0 saturated heterocycles. The van der Waals surface area contributed by atoms with Crippen LogP contribution >= 0.6 is 22.6 Å². The summed E-state index contributed by atoms with van der Waals surface area (Å²) in [7, 11) is -4.48. The summed E-state index contributed by atoms with van der Waals surface area (Å²) >= 11 is 2.18. The van der Waals surface area contributed by atoms with Gasteiger partial charge in [0.2, 0.25) is 0 Å². The fourth-order valence-corrected chi connectivity index (χ4v) is 5.66. The van der Waals surface area contributed by atoms with Crippen LogP contribution < -0.4 is 0 Å². The molecular weight excluding hydrogens is 531 g/mol. The predicted octanol–water partition coefficient (Wildman–Crippen LogP) is 7.78. The van der Waals surface area contributed by atoms with E-state index in [2.05, 4.69) is 64.1 Å². The van der Waals surface area contributed by atoms with Crippen LogP contribution in [0.1, 0.15) is 58.2 Å². The molecule has 0 bridgehead atoms. The molecule has 0 unspecified atom stereocenters. The third kappa shape index (κ3) is 5.10. The molecule has 0 spiro atoms. The topological polar surface area (TPSA) is 54.4 Å². The van der Waals surface area contributed by atoms with Crippen molar-refractivity contribution in [2.24, 2.45) is 0 Å². The van der Waals surface area contributed by atoms with E-state index in [4.69, 9.17) is 0 Å². The van der Waals surface area contributed by atoms with Gasteiger partial charge in [0.1, 0.15) is 4.90 Å². The first-order valence-corrected chi connectivity index (χ1v) is 13.1. The fraction of sp³-hybridized carbons (Fsp3) is 0.333. The van der Waals surface area contributed by atoms with Crippen molar-refractivity contribution in [2.75, 3.05) is 0 Å². The molecule has 0 atom stereocenters. The van der Waals surface area contributed by atoms with Gasteiger partial charge in [0.25, 0.3) is 10.1 Å². The lowest BCUT2D eigenvalue weighted by Crippen LogP contribution is -2.11. The lowest BCUT2D eigenvalue weighted by atomic mass is 9.85. The Hall–Kier alpha value is -1.70. The van der Waals surface area contributed by atoms with Crippen molar-refractivity contribution in [3.63, 3.8) is 0 Å². The van der Waals surface area contributed by atoms with Crippen LogP contribution in [0.4, 0.5) is 0 Å². The minimum absolute atomic E-state index is 0.00758. The highest BCUT2D eigenvalue weighted by Crippen LogP contribution is 2.41. The van der Waals surface area contributed by atoms with Gasteiger partial charge in [-0.05, 0) is 74.2 Å². The van der Waals surface area contributed by atoms with Crippen molar-refractivity contribution in [3.8, 4) is 22.3 Å². The van der Waals surface area contributed by atoms with Gasteiger partial charge < -0.3 is 0 Å². The third-order valence-corrected chi connectivity index (χ3v) is 8.09. The average Bonchev–Trinajstić information content (AvgIpc) is 2.67. The maximum absolute atomic E-state index is 12.7. The van der Waals surface area contributed by atoms with E-state index in [0.29, 0.717) is 11.1 Å². The van der Waals surface area contributed by atoms with Gasteiger partial charge in [-0.1, -0.05) is 90.1 Å². The normalized spacial score (nSPS) is 12.8. The molecule has 0 aromatic heterocycles. The highest BCUT2D eigenvalue weighted by molar-refractivity contribution is 14.1. The maximum Gasteiger partial charge on any atom is 0.295 e. The monoisotopic (exact) mass is 562 g/mol. The van der Waals surface area contributed by atoms with Gasteiger partial charge in [-0.15, -0.1) is 0 Å². The van der Waals surface area contributed by atoms with Gasteiger partial charge in [0.15, 0.2) is 0 Å². The molecule has 0 saturated carbocycles. The van der Waals surface area contributed by atoms with Crippen LogP contribution in [-0.2, 0) is 20.9 Å². The number of benzene rings is 3. The Morgan fingerprint density at radius 1 is 0.750 bits per heavy atom. The summed E-state index contributed by atoms with van der Waals surface area (Å²) in [4.78, 5) is -0.0421. The van der Waals surface area contributed by atoms with Gasteiger partial charge >= 0.3 is 0 Å². The number of rotatable bonds is 3. The summed E-state index contributed by atoms with van der Waals surface area (Å²) in [5, 5.41) is 0. The van der Waals surface area contributed by atoms with E-state index >= 15 is 0 Å². The third-order valence-electron chi connectivity index (χ3n) is 5.76. The van der Waals surface area contributed by atoms with Gasteiger partial charge in [-0.25, -0.2) is 0 Å². The van der Waals surface area contributed by atoms with Crippen LogP contribution in [0.2, 0.25) is 0 Å². The van der Waals surface area contributed by atoms with Crippen LogP contribution in [0.25, 0.3) is 22.3 Å². The minimum atomic E-state index is -4.48. The minimum Gasteiger partial charge on any atom is -0.282 e. The Balaban J connectivity index is 2.31. The van der Waals surface area contributed by atoms with E-state index in [9.17, 15) is 13.0 Å². The maximum atomic E-state index is 12.7. The van der Waals surface area contributed by atoms with Crippen molar-refractivity contribution in [1.82, 2.24) is 0 Å². The first-order valence-electron chi connectivity index (χ1n) is 10.6. The quantitative estimate of drug-likeness (QED) is 0.262. The average molecular weight is 563 g/mol. The number of halogens is 1. The van der Waals surface area contributed by atoms with Crippen molar-refractivity contribution < 1.29 is 13.0 Å². The fourth-order valence-electron chi connectivity index (χ4n) is 3.80. The van der Waals surface area contributed by atoms with Gasteiger partial charge in [0.05, 0.1) is 0 Å². The Morgan fingerprint density at radius 3 is 1.53 bits per heavy atom. The molecule has 5 heteroatoms. The molecule has 32 heavy (non-hydrogen) atoms. The Labute approximate surface area is 206 Å². The standard InChI is InChI=1S/C27H31IO3S/c1-17-16-22(18-8-12-20(13-9-18)26(2,3)4)25(32(29,30)31)23(24(17)28)19-10-14-21(15-11-19)27(5,6)7/h8-16H,1-7H3,(H,29,30,31). The first-order chi connectivity index (χ1) is 14.6. The smallest absolute Gasteiger partial charge is 0.282 e. The lowest BCUT2D eigenvalue weighted by molar-refractivity contribution is 0.484. The summed E-state index contributed by atoms with van der Waals surface area (Å²) in [5.41, 5.74) is 5.86. The second-order valence-corrected chi connectivity index (χ2v) is 12.8. The second kappa shape index (κ2) is 8.58. The number of aryl methyl sites for hydroxylation is 1. The molecule has 0 heterocycles. The molecule has 1 N–H and O–H groups in total. The summed E-state index contributed by atoms with van der Waals surface area (Å²) in [6, 6.07) is 17.7.